The van der Waals surface area contributed by atoms with E-state index in [0.29, 0.717) is 12.6 Å². The van der Waals surface area contributed by atoms with Gasteiger partial charge in [0.1, 0.15) is 0 Å². The highest BCUT2D eigenvalue weighted by Crippen LogP contribution is 2.27. The van der Waals surface area contributed by atoms with Crippen molar-refractivity contribution in [2.45, 2.75) is 31.5 Å². The molecule has 0 saturated carbocycles. The number of ether oxygens (including phenoxy) is 2. The summed E-state index contributed by atoms with van der Waals surface area (Å²) in [4.78, 5) is 2.51. The molecule has 4 nitrogen and oxygen atoms in total. The summed E-state index contributed by atoms with van der Waals surface area (Å²) in [6.07, 6.45) is 0.107. The molecule has 0 spiro atoms. The summed E-state index contributed by atoms with van der Waals surface area (Å²) in [7, 11) is 3.48. The Balaban J connectivity index is 2.14. The highest BCUT2D eigenvalue weighted by molar-refractivity contribution is 5.20. The molecule has 1 N–H and O–H groups in total. The number of methoxy groups -OCH3 is 2. The van der Waals surface area contributed by atoms with Crippen LogP contribution in [-0.4, -0.2) is 57.0 Å². The molecule has 0 bridgehead atoms. The third-order valence-corrected chi connectivity index (χ3v) is 4.12. The molecular formula is C17H28N2O2. The van der Waals surface area contributed by atoms with Gasteiger partial charge >= 0.3 is 0 Å². The van der Waals surface area contributed by atoms with Crippen molar-refractivity contribution >= 4 is 0 Å². The lowest BCUT2D eigenvalue weighted by molar-refractivity contribution is -0.0176. The van der Waals surface area contributed by atoms with E-state index < -0.39 is 0 Å². The van der Waals surface area contributed by atoms with Gasteiger partial charge in [0.2, 0.25) is 0 Å². The standard InChI is InChI=1S/C17H28N2O2/c1-17(2)13-19(11-15(21-4)12-20-3)16(10-18-17)14-8-6-5-7-9-14/h5-9,15-16,18H,10-13H2,1-4H3. The number of hydrogen-bond donors (Lipinski definition) is 1. The lowest BCUT2D eigenvalue weighted by Gasteiger charge is -2.45. The summed E-state index contributed by atoms with van der Waals surface area (Å²) in [5, 5.41) is 3.65. The summed E-state index contributed by atoms with van der Waals surface area (Å²) in [5.41, 5.74) is 1.48. The maximum Gasteiger partial charge on any atom is 0.0931 e. The van der Waals surface area contributed by atoms with E-state index in [1.165, 1.54) is 5.56 Å². The minimum absolute atomic E-state index is 0.107. The van der Waals surface area contributed by atoms with Gasteiger partial charge in [0.25, 0.3) is 0 Å². The Morgan fingerprint density at radius 3 is 2.62 bits per heavy atom. The molecule has 21 heavy (non-hydrogen) atoms. The Bertz CT molecular complexity index is 422. The van der Waals surface area contributed by atoms with Crippen LogP contribution in [0.1, 0.15) is 25.5 Å². The van der Waals surface area contributed by atoms with Crippen LogP contribution < -0.4 is 5.32 Å². The van der Waals surface area contributed by atoms with Crippen LogP contribution in [0, 0.1) is 0 Å². The van der Waals surface area contributed by atoms with Gasteiger partial charge in [-0.1, -0.05) is 30.3 Å². The largest absolute Gasteiger partial charge is 0.382 e. The van der Waals surface area contributed by atoms with E-state index in [2.05, 4.69) is 54.4 Å². The lowest BCUT2D eigenvalue weighted by atomic mass is 9.94. The smallest absolute Gasteiger partial charge is 0.0931 e. The number of nitrogens with one attached hydrogen (secondary N) is 1. The highest BCUT2D eigenvalue weighted by Gasteiger charge is 2.34. The quantitative estimate of drug-likeness (QED) is 0.870. The molecule has 0 radical (unpaired) electrons. The molecule has 1 fully saturated rings. The highest BCUT2D eigenvalue weighted by atomic mass is 16.5. The zero-order valence-electron chi connectivity index (χ0n) is 13.6. The van der Waals surface area contributed by atoms with E-state index in [1.807, 2.05) is 0 Å². The molecule has 1 saturated heterocycles. The van der Waals surface area contributed by atoms with Crippen LogP contribution in [0.15, 0.2) is 30.3 Å². The molecule has 1 heterocycles. The molecule has 0 aromatic heterocycles. The fourth-order valence-electron chi connectivity index (χ4n) is 3.01. The minimum atomic E-state index is 0.107. The van der Waals surface area contributed by atoms with Crippen molar-refractivity contribution < 1.29 is 9.47 Å². The third-order valence-electron chi connectivity index (χ3n) is 4.12. The first-order valence-electron chi connectivity index (χ1n) is 7.61. The van der Waals surface area contributed by atoms with Crippen molar-refractivity contribution in [1.82, 2.24) is 10.2 Å². The summed E-state index contributed by atoms with van der Waals surface area (Å²) in [6.45, 7) is 7.96. The van der Waals surface area contributed by atoms with E-state index in [0.717, 1.165) is 19.6 Å². The predicted octanol–water partition coefficient (Wildman–Crippen LogP) is 2.07. The Hall–Kier alpha value is -0.940. The molecule has 118 valence electrons. The fraction of sp³-hybridized carbons (Fsp3) is 0.647. The monoisotopic (exact) mass is 292 g/mol. The number of benzene rings is 1. The van der Waals surface area contributed by atoms with Gasteiger partial charge in [-0.05, 0) is 19.4 Å². The van der Waals surface area contributed by atoms with Gasteiger partial charge in [0.15, 0.2) is 0 Å². The molecule has 0 amide bonds. The molecule has 0 aliphatic carbocycles. The topological polar surface area (TPSA) is 33.7 Å². The van der Waals surface area contributed by atoms with E-state index in [4.69, 9.17) is 9.47 Å². The number of piperazine rings is 1. The van der Waals surface area contributed by atoms with Crippen LogP contribution in [0.2, 0.25) is 0 Å². The van der Waals surface area contributed by atoms with Crippen LogP contribution in [-0.2, 0) is 9.47 Å². The Labute approximate surface area is 128 Å². The van der Waals surface area contributed by atoms with Crippen molar-refractivity contribution in [1.29, 1.82) is 0 Å². The fourth-order valence-corrected chi connectivity index (χ4v) is 3.01. The molecule has 1 aromatic carbocycles. The van der Waals surface area contributed by atoms with Crippen LogP contribution in [0.5, 0.6) is 0 Å². The summed E-state index contributed by atoms with van der Waals surface area (Å²) in [5.74, 6) is 0. The molecule has 4 heteroatoms. The van der Waals surface area contributed by atoms with Gasteiger partial charge in [-0.2, -0.15) is 0 Å². The number of nitrogens with zero attached hydrogens (tertiary/aromatic N) is 1. The minimum Gasteiger partial charge on any atom is -0.382 e. The van der Waals surface area contributed by atoms with Crippen molar-refractivity contribution in [3.05, 3.63) is 35.9 Å². The maximum atomic E-state index is 5.56. The van der Waals surface area contributed by atoms with Crippen LogP contribution >= 0.6 is 0 Å². The van der Waals surface area contributed by atoms with Gasteiger partial charge in [-0.15, -0.1) is 0 Å². The Morgan fingerprint density at radius 2 is 2.00 bits per heavy atom. The molecule has 2 atom stereocenters. The predicted molar refractivity (Wildman–Crippen MR) is 85.5 cm³/mol. The number of hydrogen-bond acceptors (Lipinski definition) is 4. The second-order valence-electron chi connectivity index (χ2n) is 6.43. The average Bonchev–Trinajstić information content (AvgIpc) is 2.47. The Morgan fingerprint density at radius 1 is 1.29 bits per heavy atom. The van der Waals surface area contributed by atoms with E-state index >= 15 is 0 Å². The van der Waals surface area contributed by atoms with Crippen molar-refractivity contribution in [3.8, 4) is 0 Å². The van der Waals surface area contributed by atoms with Crippen LogP contribution in [0.4, 0.5) is 0 Å². The van der Waals surface area contributed by atoms with Crippen molar-refractivity contribution in [3.63, 3.8) is 0 Å². The van der Waals surface area contributed by atoms with Gasteiger partial charge in [-0.3, -0.25) is 4.90 Å². The summed E-state index contributed by atoms with van der Waals surface area (Å²) in [6, 6.07) is 11.1. The zero-order chi connectivity index (χ0) is 15.3. The summed E-state index contributed by atoms with van der Waals surface area (Å²) >= 11 is 0. The third kappa shape index (κ3) is 4.51. The van der Waals surface area contributed by atoms with Gasteiger partial charge in [-0.25, -0.2) is 0 Å². The number of rotatable bonds is 6. The van der Waals surface area contributed by atoms with Gasteiger partial charge in [0, 0.05) is 45.4 Å². The Kier molecular flexibility index (Phi) is 5.76. The molecule has 2 unspecified atom stereocenters. The SMILES string of the molecule is COCC(CN1CC(C)(C)NCC1c1ccccc1)OC. The first-order chi connectivity index (χ1) is 10.1. The summed E-state index contributed by atoms with van der Waals surface area (Å²) < 4.78 is 10.8. The van der Waals surface area contributed by atoms with Crippen molar-refractivity contribution in [2.24, 2.45) is 0 Å². The zero-order valence-corrected chi connectivity index (χ0v) is 13.6. The van der Waals surface area contributed by atoms with Gasteiger partial charge < -0.3 is 14.8 Å². The average molecular weight is 292 g/mol. The van der Waals surface area contributed by atoms with Crippen LogP contribution in [0.3, 0.4) is 0 Å². The van der Waals surface area contributed by atoms with Crippen molar-refractivity contribution in [2.75, 3.05) is 40.5 Å². The van der Waals surface area contributed by atoms with E-state index in [-0.39, 0.29) is 11.6 Å². The molecule has 1 aliphatic heterocycles. The maximum absolute atomic E-state index is 5.56. The van der Waals surface area contributed by atoms with Crippen LogP contribution in [0.25, 0.3) is 0 Å². The molecule has 1 aliphatic rings. The molecule has 2 rings (SSSR count). The van der Waals surface area contributed by atoms with E-state index in [9.17, 15) is 0 Å². The first-order valence-corrected chi connectivity index (χ1v) is 7.61. The second kappa shape index (κ2) is 7.36. The van der Waals surface area contributed by atoms with E-state index in [1.54, 1.807) is 14.2 Å². The first kappa shape index (κ1) is 16.4. The normalized spacial score (nSPS) is 23.9. The lowest BCUT2D eigenvalue weighted by Crippen LogP contribution is -2.59. The molecular weight excluding hydrogens is 264 g/mol. The van der Waals surface area contributed by atoms with Gasteiger partial charge in [0.05, 0.1) is 12.7 Å². The second-order valence-corrected chi connectivity index (χ2v) is 6.43. The molecule has 1 aromatic rings.